The van der Waals surface area contributed by atoms with Crippen molar-refractivity contribution < 1.29 is 18.7 Å². The summed E-state index contributed by atoms with van der Waals surface area (Å²) in [4.78, 5) is 23.0. The van der Waals surface area contributed by atoms with Gasteiger partial charge in [-0.15, -0.1) is 0 Å². The molecule has 0 radical (unpaired) electrons. The highest BCUT2D eigenvalue weighted by atomic mass is 16.5. The van der Waals surface area contributed by atoms with E-state index >= 15 is 0 Å². The average Bonchev–Trinajstić information content (AvgIpc) is 3.05. The number of carbonyl (C=O) groups is 2. The maximum atomic E-state index is 11.5. The normalized spacial score (nSPS) is 18.6. The number of nitrogens with one attached hydrogen (secondary N) is 2. The number of hydrogen-bond donors (Lipinski definition) is 2. The van der Waals surface area contributed by atoms with E-state index < -0.39 is 6.10 Å². The zero-order valence-corrected chi connectivity index (χ0v) is 9.98. The van der Waals surface area contributed by atoms with Gasteiger partial charge in [0.1, 0.15) is 11.9 Å². The highest BCUT2D eigenvalue weighted by molar-refractivity contribution is 5.86. The fourth-order valence-corrected chi connectivity index (χ4v) is 1.73. The maximum absolute atomic E-state index is 11.5. The molecule has 6 nitrogen and oxygen atoms in total. The van der Waals surface area contributed by atoms with Crippen LogP contribution in [0.25, 0.3) is 0 Å². The van der Waals surface area contributed by atoms with E-state index in [2.05, 4.69) is 10.6 Å². The molecule has 0 aromatic carbocycles. The minimum absolute atomic E-state index is 0.0423. The molecular formula is C12H16N2O4. The van der Waals surface area contributed by atoms with Crippen LogP contribution in [0.3, 0.4) is 0 Å². The van der Waals surface area contributed by atoms with Gasteiger partial charge in [-0.1, -0.05) is 0 Å². The third-order valence-electron chi connectivity index (χ3n) is 2.69. The molecule has 1 atom stereocenters. The van der Waals surface area contributed by atoms with Crippen molar-refractivity contribution >= 4 is 11.8 Å². The van der Waals surface area contributed by atoms with E-state index in [1.165, 1.54) is 0 Å². The van der Waals surface area contributed by atoms with E-state index in [1.807, 2.05) is 0 Å². The van der Waals surface area contributed by atoms with Crippen molar-refractivity contribution in [1.29, 1.82) is 0 Å². The number of rotatable bonds is 5. The summed E-state index contributed by atoms with van der Waals surface area (Å²) in [6.45, 7) is 0.893. The Balaban J connectivity index is 1.63. The number of amides is 2. The van der Waals surface area contributed by atoms with Gasteiger partial charge in [0.25, 0.3) is 0 Å². The molecular weight excluding hydrogens is 236 g/mol. The lowest BCUT2D eigenvalue weighted by molar-refractivity contribution is -0.132. The summed E-state index contributed by atoms with van der Waals surface area (Å²) in [5.41, 5.74) is 0. The van der Waals surface area contributed by atoms with Gasteiger partial charge in [-0.3, -0.25) is 9.59 Å². The second kappa shape index (κ2) is 6.20. The molecule has 2 N–H and O–H groups in total. The molecule has 0 spiro atoms. The molecule has 0 aliphatic carbocycles. The van der Waals surface area contributed by atoms with Gasteiger partial charge in [-0.05, 0) is 25.0 Å². The van der Waals surface area contributed by atoms with Crippen LogP contribution < -0.4 is 10.6 Å². The lowest BCUT2D eigenvalue weighted by atomic mass is 10.2. The Morgan fingerprint density at radius 1 is 1.39 bits per heavy atom. The molecule has 1 aromatic heterocycles. The summed E-state index contributed by atoms with van der Waals surface area (Å²) >= 11 is 0. The van der Waals surface area contributed by atoms with Crippen LogP contribution in [0, 0.1) is 0 Å². The van der Waals surface area contributed by atoms with E-state index in [9.17, 15) is 9.59 Å². The van der Waals surface area contributed by atoms with E-state index in [4.69, 9.17) is 9.15 Å². The Morgan fingerprint density at radius 2 is 2.28 bits per heavy atom. The molecule has 1 fully saturated rings. The monoisotopic (exact) mass is 252 g/mol. The van der Waals surface area contributed by atoms with Crippen molar-refractivity contribution in [2.24, 2.45) is 0 Å². The molecule has 1 aliphatic rings. The van der Waals surface area contributed by atoms with Crippen molar-refractivity contribution in [1.82, 2.24) is 10.6 Å². The molecule has 2 heterocycles. The zero-order valence-electron chi connectivity index (χ0n) is 9.98. The molecule has 1 aromatic rings. The topological polar surface area (TPSA) is 80.6 Å². The molecule has 98 valence electrons. The van der Waals surface area contributed by atoms with Crippen LogP contribution >= 0.6 is 0 Å². The molecule has 1 saturated heterocycles. The van der Waals surface area contributed by atoms with Crippen molar-refractivity contribution in [3.8, 4) is 0 Å². The van der Waals surface area contributed by atoms with E-state index in [1.54, 1.807) is 18.4 Å². The molecule has 0 bridgehead atoms. The smallest absolute Gasteiger partial charge is 0.249 e. The molecule has 2 rings (SSSR count). The predicted octanol–water partition coefficient (Wildman–Crippen LogP) is 0.191. The Kier molecular flexibility index (Phi) is 4.35. The summed E-state index contributed by atoms with van der Waals surface area (Å²) < 4.78 is 10.3. The molecule has 18 heavy (non-hydrogen) atoms. The Labute approximate surface area is 105 Å². The van der Waals surface area contributed by atoms with Crippen molar-refractivity contribution in [2.45, 2.75) is 25.5 Å². The van der Waals surface area contributed by atoms with Crippen LogP contribution in [0.5, 0.6) is 0 Å². The third-order valence-corrected chi connectivity index (χ3v) is 2.69. The minimum atomic E-state index is -0.400. The maximum Gasteiger partial charge on any atom is 0.249 e. The quantitative estimate of drug-likeness (QED) is 0.784. The standard InChI is InChI=1S/C12H16N2O4/c15-11(13-7-9-3-1-5-17-9)8-14-12(16)10-4-2-6-18-10/h1,3,5,10H,2,4,6-8H2,(H,13,15)(H,14,16)/t10-/m1/s1. The van der Waals surface area contributed by atoms with Crippen molar-refractivity contribution in [2.75, 3.05) is 13.2 Å². The van der Waals surface area contributed by atoms with Crippen molar-refractivity contribution in [3.63, 3.8) is 0 Å². The van der Waals surface area contributed by atoms with E-state index in [-0.39, 0.29) is 18.4 Å². The van der Waals surface area contributed by atoms with Gasteiger partial charge < -0.3 is 19.8 Å². The summed E-state index contributed by atoms with van der Waals surface area (Å²) in [6.07, 6.45) is 2.76. The Morgan fingerprint density at radius 3 is 2.94 bits per heavy atom. The van der Waals surface area contributed by atoms with Gasteiger partial charge in [-0.25, -0.2) is 0 Å². The van der Waals surface area contributed by atoms with Gasteiger partial charge in [0.2, 0.25) is 11.8 Å². The Bertz CT molecular complexity index is 396. The summed E-state index contributed by atoms with van der Waals surface area (Å²) in [6, 6.07) is 3.52. The van der Waals surface area contributed by atoms with E-state index in [0.29, 0.717) is 18.9 Å². The summed E-state index contributed by atoms with van der Waals surface area (Å²) in [5, 5.41) is 5.19. The summed E-state index contributed by atoms with van der Waals surface area (Å²) in [7, 11) is 0. The zero-order chi connectivity index (χ0) is 12.8. The lowest BCUT2D eigenvalue weighted by Gasteiger charge is -2.10. The fourth-order valence-electron chi connectivity index (χ4n) is 1.73. The summed E-state index contributed by atoms with van der Waals surface area (Å²) in [5.74, 6) is 0.201. The van der Waals surface area contributed by atoms with Crippen molar-refractivity contribution in [3.05, 3.63) is 24.2 Å². The molecule has 1 aliphatic heterocycles. The molecule has 0 saturated carbocycles. The largest absolute Gasteiger partial charge is 0.467 e. The predicted molar refractivity (Wildman–Crippen MR) is 62.5 cm³/mol. The molecule has 6 heteroatoms. The first-order chi connectivity index (χ1) is 8.75. The van der Waals surface area contributed by atoms with Crippen LogP contribution in [-0.4, -0.2) is 31.1 Å². The second-order valence-electron chi connectivity index (χ2n) is 4.08. The van der Waals surface area contributed by atoms with Crippen LogP contribution in [0.2, 0.25) is 0 Å². The van der Waals surface area contributed by atoms with Gasteiger partial charge in [0.15, 0.2) is 0 Å². The highest BCUT2D eigenvalue weighted by Crippen LogP contribution is 2.11. The van der Waals surface area contributed by atoms with E-state index in [0.717, 1.165) is 12.8 Å². The van der Waals surface area contributed by atoms with Gasteiger partial charge in [-0.2, -0.15) is 0 Å². The number of carbonyl (C=O) groups excluding carboxylic acids is 2. The van der Waals surface area contributed by atoms with Crippen LogP contribution in [0.4, 0.5) is 0 Å². The first-order valence-electron chi connectivity index (χ1n) is 5.94. The number of ether oxygens (including phenoxy) is 1. The third kappa shape index (κ3) is 3.59. The van der Waals surface area contributed by atoms with Gasteiger partial charge in [0, 0.05) is 6.61 Å². The first-order valence-corrected chi connectivity index (χ1v) is 5.94. The first kappa shape index (κ1) is 12.6. The highest BCUT2D eigenvalue weighted by Gasteiger charge is 2.23. The van der Waals surface area contributed by atoms with Crippen LogP contribution in [-0.2, 0) is 20.9 Å². The lowest BCUT2D eigenvalue weighted by Crippen LogP contribution is -2.41. The minimum Gasteiger partial charge on any atom is -0.467 e. The van der Waals surface area contributed by atoms with Gasteiger partial charge >= 0.3 is 0 Å². The number of hydrogen-bond acceptors (Lipinski definition) is 4. The SMILES string of the molecule is O=C(CNC(=O)[C@H]1CCCO1)NCc1ccco1. The fraction of sp³-hybridized carbons (Fsp3) is 0.500. The van der Waals surface area contributed by atoms with Crippen LogP contribution in [0.1, 0.15) is 18.6 Å². The molecule has 0 unspecified atom stereocenters. The van der Waals surface area contributed by atoms with Gasteiger partial charge in [0.05, 0.1) is 19.4 Å². The number of furan rings is 1. The average molecular weight is 252 g/mol. The Hall–Kier alpha value is -1.82. The second-order valence-corrected chi connectivity index (χ2v) is 4.08. The molecule has 2 amide bonds. The van der Waals surface area contributed by atoms with Crippen LogP contribution in [0.15, 0.2) is 22.8 Å².